The van der Waals surface area contributed by atoms with Crippen molar-refractivity contribution in [3.8, 4) is 0 Å². The maximum absolute atomic E-state index is 11.8. The van der Waals surface area contributed by atoms with Crippen molar-refractivity contribution in [3.05, 3.63) is 52.8 Å². The molecule has 0 radical (unpaired) electrons. The van der Waals surface area contributed by atoms with Crippen molar-refractivity contribution in [2.24, 2.45) is 7.05 Å². The Bertz CT molecular complexity index is 722. The fourth-order valence-corrected chi connectivity index (χ4v) is 1.79. The van der Waals surface area contributed by atoms with Crippen LogP contribution in [0.15, 0.2) is 36.7 Å². The minimum Gasteiger partial charge on any atom is -0.478 e. The highest BCUT2D eigenvalue weighted by Crippen LogP contribution is 2.23. The summed E-state index contributed by atoms with van der Waals surface area (Å²) in [5, 5.41) is 15.7. The predicted molar refractivity (Wildman–Crippen MR) is 79.3 cm³/mol. The standard InChI is InChI=1S/C14H12ClN3O3/c1-18-8-9(7-16-18)2-5-13(19)17-12-6-10(14(20)21)3-4-11(12)15/h2-8H,1H3,(H,17,19)(H,20,21)/b5-2+. The fraction of sp³-hybridized carbons (Fsp3) is 0.0714. The van der Waals surface area contributed by atoms with E-state index in [0.29, 0.717) is 0 Å². The molecule has 0 aliphatic rings. The second-order valence-corrected chi connectivity index (χ2v) is 4.68. The lowest BCUT2D eigenvalue weighted by molar-refractivity contribution is -0.111. The van der Waals surface area contributed by atoms with Crippen LogP contribution in [-0.4, -0.2) is 26.8 Å². The van der Waals surface area contributed by atoms with Gasteiger partial charge < -0.3 is 10.4 Å². The number of hydrogen-bond acceptors (Lipinski definition) is 3. The van der Waals surface area contributed by atoms with E-state index in [1.54, 1.807) is 30.2 Å². The number of rotatable bonds is 4. The number of carboxylic acids is 1. The molecule has 6 nitrogen and oxygen atoms in total. The number of aromatic carboxylic acids is 1. The molecule has 0 fully saturated rings. The Hall–Kier alpha value is -2.60. The molecule has 1 aromatic heterocycles. The molecule has 0 spiro atoms. The van der Waals surface area contributed by atoms with Gasteiger partial charge in [-0.2, -0.15) is 5.10 Å². The number of carbonyl (C=O) groups is 2. The van der Waals surface area contributed by atoms with Crippen molar-refractivity contribution in [3.63, 3.8) is 0 Å². The van der Waals surface area contributed by atoms with E-state index in [1.165, 1.54) is 24.3 Å². The van der Waals surface area contributed by atoms with Crippen LogP contribution >= 0.6 is 11.6 Å². The molecule has 0 aliphatic heterocycles. The number of benzene rings is 1. The first-order valence-electron chi connectivity index (χ1n) is 5.96. The molecule has 2 aromatic rings. The predicted octanol–water partition coefficient (Wildman–Crippen LogP) is 2.42. The van der Waals surface area contributed by atoms with Crippen molar-refractivity contribution in [1.29, 1.82) is 0 Å². The Morgan fingerprint density at radius 1 is 1.43 bits per heavy atom. The van der Waals surface area contributed by atoms with Gasteiger partial charge in [0.1, 0.15) is 0 Å². The van der Waals surface area contributed by atoms with Crippen molar-refractivity contribution in [2.75, 3.05) is 5.32 Å². The van der Waals surface area contributed by atoms with Crippen LogP contribution in [0.3, 0.4) is 0 Å². The number of halogens is 1. The second-order valence-electron chi connectivity index (χ2n) is 4.27. The van der Waals surface area contributed by atoms with E-state index in [1.807, 2.05) is 0 Å². The number of carbonyl (C=O) groups excluding carboxylic acids is 1. The molecular formula is C14H12ClN3O3. The summed E-state index contributed by atoms with van der Waals surface area (Å²) in [4.78, 5) is 22.7. The lowest BCUT2D eigenvalue weighted by Crippen LogP contribution is -2.09. The van der Waals surface area contributed by atoms with Gasteiger partial charge in [0.2, 0.25) is 5.91 Å². The molecule has 0 saturated heterocycles. The Kier molecular flexibility index (Phi) is 4.39. The molecule has 7 heteroatoms. The van der Waals surface area contributed by atoms with Crippen molar-refractivity contribution in [1.82, 2.24) is 9.78 Å². The maximum Gasteiger partial charge on any atom is 0.335 e. The topological polar surface area (TPSA) is 84.2 Å². The summed E-state index contributed by atoms with van der Waals surface area (Å²) in [7, 11) is 1.77. The molecule has 0 saturated carbocycles. The average Bonchev–Trinajstić information content (AvgIpc) is 2.84. The SMILES string of the molecule is Cn1cc(/C=C/C(=O)Nc2cc(C(=O)O)ccc2Cl)cn1. The van der Waals surface area contributed by atoms with Gasteiger partial charge in [-0.1, -0.05) is 11.6 Å². The number of carboxylic acid groups (broad SMARTS) is 1. The first kappa shape index (κ1) is 14.8. The normalized spacial score (nSPS) is 10.8. The summed E-state index contributed by atoms with van der Waals surface area (Å²) < 4.78 is 1.62. The van der Waals surface area contributed by atoms with Crippen LogP contribution in [0, 0.1) is 0 Å². The highest BCUT2D eigenvalue weighted by Gasteiger charge is 2.08. The number of aromatic nitrogens is 2. The maximum atomic E-state index is 11.8. The molecule has 21 heavy (non-hydrogen) atoms. The summed E-state index contributed by atoms with van der Waals surface area (Å²) in [6.45, 7) is 0. The van der Waals surface area contributed by atoms with Crippen LogP contribution in [0.2, 0.25) is 5.02 Å². The van der Waals surface area contributed by atoms with Crippen molar-refractivity contribution < 1.29 is 14.7 Å². The van der Waals surface area contributed by atoms with E-state index in [9.17, 15) is 9.59 Å². The van der Waals surface area contributed by atoms with E-state index in [-0.39, 0.29) is 16.3 Å². The molecule has 2 N–H and O–H groups in total. The smallest absolute Gasteiger partial charge is 0.335 e. The molecule has 0 aliphatic carbocycles. The van der Waals surface area contributed by atoms with Gasteiger partial charge in [0.25, 0.3) is 0 Å². The van der Waals surface area contributed by atoms with Crippen LogP contribution in [0.25, 0.3) is 6.08 Å². The van der Waals surface area contributed by atoms with Gasteiger partial charge >= 0.3 is 5.97 Å². The molecule has 0 bridgehead atoms. The molecule has 2 rings (SSSR count). The average molecular weight is 306 g/mol. The summed E-state index contributed by atoms with van der Waals surface area (Å²) in [6, 6.07) is 4.09. The Labute approximate surface area is 125 Å². The molecule has 0 atom stereocenters. The first-order valence-corrected chi connectivity index (χ1v) is 6.34. The highest BCUT2D eigenvalue weighted by atomic mass is 35.5. The summed E-state index contributed by atoms with van der Waals surface area (Å²) in [5.74, 6) is -1.50. The van der Waals surface area contributed by atoms with Gasteiger partial charge in [-0.15, -0.1) is 0 Å². The number of nitrogens with one attached hydrogen (secondary N) is 1. The molecule has 1 aromatic carbocycles. The highest BCUT2D eigenvalue weighted by molar-refractivity contribution is 6.34. The molecule has 1 amide bonds. The van der Waals surface area contributed by atoms with Crippen molar-refractivity contribution in [2.45, 2.75) is 0 Å². The third-order valence-corrected chi connectivity index (χ3v) is 2.95. The third kappa shape index (κ3) is 3.93. The van der Waals surface area contributed by atoms with E-state index in [0.717, 1.165) is 5.56 Å². The van der Waals surface area contributed by atoms with Gasteiger partial charge in [0.15, 0.2) is 0 Å². The first-order chi connectivity index (χ1) is 9.95. The van der Waals surface area contributed by atoms with E-state index < -0.39 is 11.9 Å². The van der Waals surface area contributed by atoms with Crippen LogP contribution in [-0.2, 0) is 11.8 Å². The quantitative estimate of drug-likeness (QED) is 0.850. The number of anilines is 1. The van der Waals surface area contributed by atoms with Gasteiger partial charge in [-0.3, -0.25) is 9.48 Å². The Morgan fingerprint density at radius 3 is 2.81 bits per heavy atom. The largest absolute Gasteiger partial charge is 0.478 e. The Morgan fingerprint density at radius 2 is 2.19 bits per heavy atom. The molecule has 1 heterocycles. The zero-order chi connectivity index (χ0) is 15.4. The Balaban J connectivity index is 2.10. The van der Waals surface area contributed by atoms with Gasteiger partial charge in [-0.05, 0) is 24.3 Å². The third-order valence-electron chi connectivity index (χ3n) is 2.62. The molecule has 0 unspecified atom stereocenters. The van der Waals surface area contributed by atoms with Gasteiger partial charge in [-0.25, -0.2) is 4.79 Å². The minimum absolute atomic E-state index is 0.0472. The monoisotopic (exact) mass is 305 g/mol. The lowest BCUT2D eigenvalue weighted by Gasteiger charge is -2.05. The second kappa shape index (κ2) is 6.23. The van der Waals surface area contributed by atoms with Crippen LogP contribution in [0.4, 0.5) is 5.69 Å². The number of nitrogens with zero attached hydrogens (tertiary/aromatic N) is 2. The number of amides is 1. The van der Waals surface area contributed by atoms with E-state index in [4.69, 9.17) is 16.7 Å². The summed E-state index contributed by atoms with van der Waals surface area (Å²) >= 11 is 5.92. The van der Waals surface area contributed by atoms with E-state index >= 15 is 0 Å². The van der Waals surface area contributed by atoms with Gasteiger partial charge in [0, 0.05) is 24.9 Å². The summed E-state index contributed by atoms with van der Waals surface area (Å²) in [5.41, 5.74) is 1.07. The molecular weight excluding hydrogens is 294 g/mol. The lowest BCUT2D eigenvalue weighted by atomic mass is 10.2. The van der Waals surface area contributed by atoms with Crippen molar-refractivity contribution >= 4 is 35.2 Å². The van der Waals surface area contributed by atoms with Crippen LogP contribution < -0.4 is 5.32 Å². The number of hydrogen-bond donors (Lipinski definition) is 2. The van der Waals surface area contributed by atoms with E-state index in [2.05, 4.69) is 10.4 Å². The number of aryl methyl sites for hydroxylation is 1. The zero-order valence-corrected chi connectivity index (χ0v) is 11.8. The van der Waals surface area contributed by atoms with Crippen LogP contribution in [0.1, 0.15) is 15.9 Å². The van der Waals surface area contributed by atoms with Crippen LogP contribution in [0.5, 0.6) is 0 Å². The fourth-order valence-electron chi connectivity index (χ4n) is 1.63. The zero-order valence-electron chi connectivity index (χ0n) is 11.1. The molecule has 108 valence electrons. The van der Waals surface area contributed by atoms with Gasteiger partial charge in [0.05, 0.1) is 22.5 Å². The summed E-state index contributed by atoms with van der Waals surface area (Å²) in [6.07, 6.45) is 6.28. The minimum atomic E-state index is -1.09.